The van der Waals surface area contributed by atoms with Crippen molar-refractivity contribution in [3.63, 3.8) is 0 Å². The van der Waals surface area contributed by atoms with Crippen LogP contribution >= 0.6 is 11.3 Å². The second-order valence-electron chi connectivity index (χ2n) is 13.6. The van der Waals surface area contributed by atoms with Gasteiger partial charge in [-0.3, -0.25) is 14.5 Å². The zero-order valence-corrected chi connectivity index (χ0v) is 27.9. The van der Waals surface area contributed by atoms with Crippen LogP contribution in [-0.2, 0) is 11.2 Å². The summed E-state index contributed by atoms with van der Waals surface area (Å²) in [5.74, 6) is 2.14. The highest BCUT2D eigenvalue weighted by Crippen LogP contribution is 2.30. The van der Waals surface area contributed by atoms with Crippen LogP contribution in [0.5, 0.6) is 0 Å². The summed E-state index contributed by atoms with van der Waals surface area (Å²) < 4.78 is 2.39. The third-order valence-electron chi connectivity index (χ3n) is 9.82. The number of ketones is 1. The second-order valence-corrected chi connectivity index (χ2v) is 14.6. The molecule has 7 heteroatoms. The average molecular weight is 605 g/mol. The fraction of sp³-hybridized carbons (Fsp3) is 0.639. The van der Waals surface area contributed by atoms with Crippen LogP contribution in [0.3, 0.4) is 0 Å². The second kappa shape index (κ2) is 14.5. The van der Waals surface area contributed by atoms with Gasteiger partial charge in [0.25, 0.3) is 0 Å². The number of fused-ring (bicyclic) bond motifs is 1. The van der Waals surface area contributed by atoms with Gasteiger partial charge in [-0.2, -0.15) is 0 Å². The molecular weight excluding hydrogens is 552 g/mol. The number of piperidine rings is 2. The molecule has 0 bridgehead atoms. The lowest BCUT2D eigenvalue weighted by Gasteiger charge is -2.42. The summed E-state index contributed by atoms with van der Waals surface area (Å²) in [6, 6.07) is 11.2. The van der Waals surface area contributed by atoms with Crippen LogP contribution in [0.15, 0.2) is 35.7 Å². The number of nitrogens with zero attached hydrogens (tertiary/aromatic N) is 4. The third kappa shape index (κ3) is 7.59. The zero-order chi connectivity index (χ0) is 30.5. The number of likely N-dealkylation sites (tertiary alicyclic amines) is 2. The number of rotatable bonds is 12. The monoisotopic (exact) mass is 604 g/mol. The number of amides is 1. The highest BCUT2D eigenvalue weighted by atomic mass is 32.1. The fourth-order valence-electron chi connectivity index (χ4n) is 7.53. The molecule has 0 spiro atoms. The van der Waals surface area contributed by atoms with Gasteiger partial charge in [0.2, 0.25) is 5.91 Å². The average Bonchev–Trinajstić information content (AvgIpc) is 3.64. The van der Waals surface area contributed by atoms with Gasteiger partial charge >= 0.3 is 0 Å². The number of aromatic nitrogens is 2. The van der Waals surface area contributed by atoms with Gasteiger partial charge in [0.15, 0.2) is 5.78 Å². The fourth-order valence-corrected chi connectivity index (χ4v) is 8.23. The molecule has 1 amide bonds. The highest BCUT2D eigenvalue weighted by Gasteiger charge is 2.33. The van der Waals surface area contributed by atoms with Crippen molar-refractivity contribution in [1.29, 1.82) is 0 Å². The topological polar surface area (TPSA) is 58.4 Å². The Morgan fingerprint density at radius 3 is 2.47 bits per heavy atom. The lowest BCUT2D eigenvalue weighted by atomic mass is 9.88. The molecule has 1 unspecified atom stereocenters. The minimum absolute atomic E-state index is 0.0509. The van der Waals surface area contributed by atoms with E-state index in [1.165, 1.54) is 30.8 Å². The molecule has 0 saturated carbocycles. The van der Waals surface area contributed by atoms with Crippen molar-refractivity contribution < 1.29 is 9.59 Å². The Morgan fingerprint density at radius 2 is 1.81 bits per heavy atom. The van der Waals surface area contributed by atoms with Crippen molar-refractivity contribution in [2.75, 3.05) is 26.2 Å². The summed E-state index contributed by atoms with van der Waals surface area (Å²) in [5.41, 5.74) is 2.64. The molecular formula is C36H52N4O2S. The lowest BCUT2D eigenvalue weighted by molar-refractivity contribution is -0.137. The smallest absolute Gasteiger partial charge is 0.226 e. The molecule has 234 valence electrons. The van der Waals surface area contributed by atoms with Gasteiger partial charge in [-0.05, 0) is 93.0 Å². The summed E-state index contributed by atoms with van der Waals surface area (Å²) in [6.07, 6.45) is 8.59. The highest BCUT2D eigenvalue weighted by molar-refractivity contribution is 7.09. The Labute approximate surface area is 262 Å². The van der Waals surface area contributed by atoms with Crippen LogP contribution in [0.1, 0.15) is 113 Å². The van der Waals surface area contributed by atoms with Crippen LogP contribution < -0.4 is 0 Å². The number of carbonyl (C=O) groups is 2. The first-order valence-electron chi connectivity index (χ1n) is 16.9. The summed E-state index contributed by atoms with van der Waals surface area (Å²) in [4.78, 5) is 38.7. The Bertz CT molecular complexity index is 1350. The predicted molar refractivity (Wildman–Crippen MR) is 178 cm³/mol. The third-order valence-corrected chi connectivity index (χ3v) is 10.7. The van der Waals surface area contributed by atoms with E-state index in [1.54, 1.807) is 11.3 Å². The SMILES string of the molecule is CCC(CC)n1c(Cc2cccs2)nc2cc(C(=O)C[C@@H](CC(C)C)C(=O)N3CCC(N4CCCC(C)C4)CC3)ccc21. The standard InChI is InChI=1S/C36H52N4O2S/c1-6-29(7-2)40-33-13-12-27(21-32(33)37-35(40)23-31-11-9-19-43-31)34(41)22-28(20-25(3)4)36(42)38-17-14-30(15-18-38)39-16-8-10-26(5)24-39/h9,11-13,19,21,25-26,28-30H,6-8,10,14-18,20,22-24H2,1-5H3/t26?,28-/m1/s1. The van der Waals surface area contributed by atoms with E-state index >= 15 is 0 Å². The van der Waals surface area contributed by atoms with E-state index in [4.69, 9.17) is 4.98 Å². The van der Waals surface area contributed by atoms with Gasteiger partial charge in [0.05, 0.1) is 11.0 Å². The van der Waals surface area contributed by atoms with Gasteiger partial charge in [-0.25, -0.2) is 4.98 Å². The number of carbonyl (C=O) groups excluding carboxylic acids is 2. The van der Waals surface area contributed by atoms with E-state index in [0.717, 1.165) is 74.4 Å². The maximum Gasteiger partial charge on any atom is 0.226 e. The van der Waals surface area contributed by atoms with Gasteiger partial charge in [-0.15, -0.1) is 11.3 Å². The number of hydrogen-bond acceptors (Lipinski definition) is 5. The molecule has 2 saturated heterocycles. The molecule has 0 N–H and O–H groups in total. The lowest BCUT2D eigenvalue weighted by Crippen LogP contribution is -2.50. The first-order valence-corrected chi connectivity index (χ1v) is 17.7. The number of imidazole rings is 1. The van der Waals surface area contributed by atoms with Crippen LogP contribution in [0, 0.1) is 17.8 Å². The molecule has 5 rings (SSSR count). The van der Waals surface area contributed by atoms with E-state index in [9.17, 15) is 9.59 Å². The van der Waals surface area contributed by atoms with Crippen molar-refractivity contribution >= 4 is 34.1 Å². The molecule has 2 aliphatic rings. The number of Topliss-reactive ketones (excluding diaryl/α,β-unsaturated/α-hetero) is 1. The minimum Gasteiger partial charge on any atom is -0.342 e. The maximum atomic E-state index is 13.8. The Morgan fingerprint density at radius 1 is 1.05 bits per heavy atom. The molecule has 2 aromatic heterocycles. The van der Waals surface area contributed by atoms with Crippen LogP contribution in [-0.4, -0.2) is 63.3 Å². The van der Waals surface area contributed by atoms with Crippen molar-refractivity contribution in [3.05, 3.63) is 52.0 Å². The number of hydrogen-bond donors (Lipinski definition) is 0. The number of thiophene rings is 1. The predicted octanol–water partition coefficient (Wildman–Crippen LogP) is 8.01. The molecule has 2 fully saturated rings. The summed E-state index contributed by atoms with van der Waals surface area (Å²) >= 11 is 1.76. The normalized spacial score (nSPS) is 19.5. The zero-order valence-electron chi connectivity index (χ0n) is 27.1. The Hall–Kier alpha value is -2.51. The van der Waals surface area contributed by atoms with E-state index < -0.39 is 0 Å². The summed E-state index contributed by atoms with van der Waals surface area (Å²) in [6.45, 7) is 15.1. The van der Waals surface area contributed by atoms with Gasteiger partial charge in [-0.1, -0.05) is 40.7 Å². The molecule has 1 aromatic carbocycles. The molecule has 6 nitrogen and oxygen atoms in total. The van der Waals surface area contributed by atoms with Crippen molar-refractivity contribution in [1.82, 2.24) is 19.4 Å². The van der Waals surface area contributed by atoms with Gasteiger partial charge in [0.1, 0.15) is 5.82 Å². The van der Waals surface area contributed by atoms with Crippen LogP contribution in [0.4, 0.5) is 0 Å². The van der Waals surface area contributed by atoms with E-state index in [1.807, 2.05) is 12.1 Å². The molecule has 4 heterocycles. The molecule has 43 heavy (non-hydrogen) atoms. The molecule has 3 aromatic rings. The van der Waals surface area contributed by atoms with Crippen LogP contribution in [0.25, 0.3) is 11.0 Å². The largest absolute Gasteiger partial charge is 0.342 e. The maximum absolute atomic E-state index is 13.8. The van der Waals surface area contributed by atoms with Crippen molar-refractivity contribution in [2.45, 2.75) is 104 Å². The van der Waals surface area contributed by atoms with Gasteiger partial charge < -0.3 is 9.47 Å². The van der Waals surface area contributed by atoms with E-state index in [-0.39, 0.29) is 24.0 Å². The quantitative estimate of drug-likeness (QED) is 0.197. The molecule has 2 aliphatic heterocycles. The molecule has 0 aliphatic carbocycles. The first-order chi connectivity index (χ1) is 20.8. The van der Waals surface area contributed by atoms with Crippen LogP contribution in [0.2, 0.25) is 0 Å². The van der Waals surface area contributed by atoms with Crippen molar-refractivity contribution in [2.24, 2.45) is 17.8 Å². The van der Waals surface area contributed by atoms with Gasteiger partial charge in [0, 0.05) is 60.9 Å². The molecule has 0 radical (unpaired) electrons. The summed E-state index contributed by atoms with van der Waals surface area (Å²) in [5, 5.41) is 2.11. The Balaban J connectivity index is 1.30. The molecule has 2 atom stereocenters. The first kappa shape index (κ1) is 31.9. The Kier molecular flexibility index (Phi) is 10.8. The minimum atomic E-state index is -0.272. The van der Waals surface area contributed by atoms with E-state index in [2.05, 4.69) is 72.6 Å². The van der Waals surface area contributed by atoms with E-state index in [0.29, 0.717) is 23.6 Å². The van der Waals surface area contributed by atoms with Crippen molar-refractivity contribution in [3.8, 4) is 0 Å². The number of benzene rings is 1. The summed E-state index contributed by atoms with van der Waals surface area (Å²) in [7, 11) is 0.